The average molecular weight is 122 g/mol. The first-order chi connectivity index (χ1) is 1.73. The molecule has 0 aromatic rings. The number of hydrogen-bond acceptors (Lipinski definition) is 1. The predicted molar refractivity (Wildman–Crippen MR) is 19.0 cm³/mol. The molecule has 7 heavy (non-hydrogen) atoms. The summed E-state index contributed by atoms with van der Waals surface area (Å²) in [7, 11) is 0. The zero-order valence-corrected chi connectivity index (χ0v) is 5.80. The molecule has 0 aromatic heterocycles. The van der Waals surface area contributed by atoms with Crippen molar-refractivity contribution in [2.75, 3.05) is 0 Å². The Morgan fingerprint density at radius 1 is 1.29 bits per heavy atom. The molecular formula is CH7NaO5. The van der Waals surface area contributed by atoms with Gasteiger partial charge in [0.1, 0.15) is 0 Å². The van der Waals surface area contributed by atoms with E-state index in [9.17, 15) is 0 Å². The van der Waals surface area contributed by atoms with Gasteiger partial charge < -0.3 is 22.6 Å². The van der Waals surface area contributed by atoms with Crippen molar-refractivity contribution in [2.24, 2.45) is 0 Å². The van der Waals surface area contributed by atoms with Gasteiger partial charge in [0, 0.05) is 0 Å². The van der Waals surface area contributed by atoms with Crippen LogP contribution in [0.4, 0.5) is 4.79 Å². The fourth-order valence-electron chi connectivity index (χ4n) is 0. The molecule has 0 fully saturated rings. The smallest absolute Gasteiger partial charge is 1.00 e. The molecule has 0 aliphatic rings. The largest absolute Gasteiger partial charge is 1.00 e. The summed E-state index contributed by atoms with van der Waals surface area (Å²) in [5.74, 6) is 0. The predicted octanol–water partition coefficient (Wildman–Crippen LogP) is -4.31. The van der Waals surface area contributed by atoms with Crippen molar-refractivity contribution in [3.8, 4) is 0 Å². The van der Waals surface area contributed by atoms with Crippen molar-refractivity contribution in [2.45, 2.75) is 0 Å². The number of carboxylic acid groups (broad SMARTS) is 2. The second-order valence-electron chi connectivity index (χ2n) is 0.283. The van der Waals surface area contributed by atoms with Crippen LogP contribution in [0, 0.1) is 0 Å². The van der Waals surface area contributed by atoms with Gasteiger partial charge in [-0.1, -0.05) is 0 Å². The fraction of sp³-hybridized carbons (Fsp3) is 0. The molecule has 42 valence electrons. The Morgan fingerprint density at radius 2 is 1.29 bits per heavy atom. The molecule has 0 atom stereocenters. The molecule has 0 bridgehead atoms. The van der Waals surface area contributed by atoms with Gasteiger partial charge in [-0.15, -0.1) is 0 Å². The van der Waals surface area contributed by atoms with E-state index in [-0.39, 0.29) is 41.9 Å². The zero-order chi connectivity index (χ0) is 3.58. The van der Waals surface area contributed by atoms with Gasteiger partial charge in [0.2, 0.25) is 0 Å². The number of hydrogen-bond donors (Lipinski definition) is 2. The summed E-state index contributed by atoms with van der Waals surface area (Å²) in [4.78, 5) is 8.56. The Kier molecular flexibility index (Phi) is 63.4. The third-order valence-electron chi connectivity index (χ3n) is 0. The maximum Gasteiger partial charge on any atom is 1.00 e. The third kappa shape index (κ3) is 3010. The van der Waals surface area contributed by atoms with E-state index in [1.807, 2.05) is 0 Å². The van der Waals surface area contributed by atoms with Crippen molar-refractivity contribution in [1.29, 1.82) is 0 Å². The standard InChI is InChI=1S/CH2O3.Na.2H2O.H/c2-1(3)4;;;;/h(H2,2,3,4);;2*1H2;/q;+1;;;-1. The normalized spacial score (nSPS) is 3.43. The van der Waals surface area contributed by atoms with Gasteiger partial charge in [-0.05, 0) is 0 Å². The van der Waals surface area contributed by atoms with Gasteiger partial charge in [-0.2, -0.15) is 0 Å². The Hall–Kier alpha value is 0.190. The van der Waals surface area contributed by atoms with Crippen molar-refractivity contribution in [3.63, 3.8) is 0 Å². The van der Waals surface area contributed by atoms with E-state index in [1.165, 1.54) is 0 Å². The minimum absolute atomic E-state index is 0. The zero-order valence-electron chi connectivity index (χ0n) is 4.80. The maximum absolute atomic E-state index is 8.56. The fourth-order valence-corrected chi connectivity index (χ4v) is 0. The molecule has 0 aromatic carbocycles. The van der Waals surface area contributed by atoms with Crippen LogP contribution < -0.4 is 29.6 Å². The first kappa shape index (κ1) is 27.1. The van der Waals surface area contributed by atoms with Crippen LogP contribution in [0.5, 0.6) is 0 Å². The Morgan fingerprint density at radius 3 is 1.29 bits per heavy atom. The van der Waals surface area contributed by atoms with Crippen LogP contribution >= 0.6 is 0 Å². The minimum atomic E-state index is -1.83. The van der Waals surface area contributed by atoms with Crippen molar-refractivity contribution in [1.82, 2.24) is 0 Å². The van der Waals surface area contributed by atoms with E-state index in [0.717, 1.165) is 0 Å². The Labute approximate surface area is 63.3 Å². The Balaban J connectivity index is -0.00000000750. The van der Waals surface area contributed by atoms with E-state index in [0.29, 0.717) is 0 Å². The molecule has 0 spiro atoms. The summed E-state index contributed by atoms with van der Waals surface area (Å²) in [5, 5.41) is 13.9. The molecule has 6 heteroatoms. The van der Waals surface area contributed by atoms with Crippen molar-refractivity contribution in [3.05, 3.63) is 0 Å². The summed E-state index contributed by atoms with van der Waals surface area (Å²) < 4.78 is 0. The van der Waals surface area contributed by atoms with Crippen LogP contribution in [-0.4, -0.2) is 27.3 Å². The van der Waals surface area contributed by atoms with Crippen LogP contribution in [0.2, 0.25) is 0 Å². The average Bonchev–Trinajstić information content (AvgIpc) is 0.811. The molecule has 0 radical (unpaired) electrons. The van der Waals surface area contributed by atoms with E-state index in [1.54, 1.807) is 0 Å². The van der Waals surface area contributed by atoms with Gasteiger partial charge in [0.25, 0.3) is 0 Å². The summed E-state index contributed by atoms with van der Waals surface area (Å²) in [5.41, 5.74) is 0. The van der Waals surface area contributed by atoms with Gasteiger partial charge >= 0.3 is 35.7 Å². The molecule has 0 rings (SSSR count). The summed E-state index contributed by atoms with van der Waals surface area (Å²) >= 11 is 0. The van der Waals surface area contributed by atoms with Crippen LogP contribution in [0.25, 0.3) is 0 Å². The van der Waals surface area contributed by atoms with Crippen LogP contribution in [0.3, 0.4) is 0 Å². The first-order valence-electron chi connectivity index (χ1n) is 0.651. The van der Waals surface area contributed by atoms with E-state index < -0.39 is 6.16 Å². The molecule has 0 amide bonds. The molecule has 5 nitrogen and oxygen atoms in total. The van der Waals surface area contributed by atoms with Gasteiger partial charge in [-0.25, -0.2) is 4.79 Å². The topological polar surface area (TPSA) is 121 Å². The quantitative estimate of drug-likeness (QED) is 0.316. The van der Waals surface area contributed by atoms with Crippen molar-refractivity contribution < 1.29 is 56.9 Å². The van der Waals surface area contributed by atoms with E-state index >= 15 is 0 Å². The molecule has 0 saturated heterocycles. The van der Waals surface area contributed by atoms with Gasteiger partial charge in [0.15, 0.2) is 0 Å². The molecule has 6 N–H and O–H groups in total. The Bertz CT molecular complexity index is 35.4. The molecule has 0 unspecified atom stereocenters. The van der Waals surface area contributed by atoms with E-state index in [2.05, 4.69) is 0 Å². The number of carbonyl (C=O) groups is 1. The van der Waals surface area contributed by atoms with Crippen LogP contribution in [-0.2, 0) is 0 Å². The molecular weight excluding hydrogens is 115 g/mol. The molecule has 0 heterocycles. The van der Waals surface area contributed by atoms with Crippen LogP contribution in [0.1, 0.15) is 1.43 Å². The third-order valence-corrected chi connectivity index (χ3v) is 0. The van der Waals surface area contributed by atoms with Crippen LogP contribution in [0.15, 0.2) is 0 Å². The SMILES string of the molecule is O.O.O=C(O)O.[H-].[Na+]. The second-order valence-corrected chi connectivity index (χ2v) is 0.283. The maximum atomic E-state index is 8.56. The van der Waals surface area contributed by atoms with Gasteiger partial charge in [0.05, 0.1) is 0 Å². The number of rotatable bonds is 0. The summed E-state index contributed by atoms with van der Waals surface area (Å²) in [6.45, 7) is 0. The summed E-state index contributed by atoms with van der Waals surface area (Å²) in [6.07, 6.45) is -1.83. The second kappa shape index (κ2) is 16.4. The monoisotopic (exact) mass is 122 g/mol. The summed E-state index contributed by atoms with van der Waals surface area (Å²) in [6, 6.07) is 0. The molecule has 0 saturated carbocycles. The van der Waals surface area contributed by atoms with Gasteiger partial charge in [-0.3, -0.25) is 0 Å². The first-order valence-corrected chi connectivity index (χ1v) is 0.651. The van der Waals surface area contributed by atoms with Crippen molar-refractivity contribution >= 4 is 6.16 Å². The minimum Gasteiger partial charge on any atom is -1.00 e. The molecule has 0 aliphatic carbocycles. The molecule has 0 aliphatic heterocycles. The van der Waals surface area contributed by atoms with E-state index in [4.69, 9.17) is 15.0 Å².